The first-order chi connectivity index (χ1) is 9.97. The summed E-state index contributed by atoms with van der Waals surface area (Å²) in [6, 6.07) is 8.45. The third-order valence-electron chi connectivity index (χ3n) is 3.45. The third-order valence-corrected chi connectivity index (χ3v) is 4.48. The molecule has 1 heterocycles. The molecule has 0 fully saturated rings. The summed E-state index contributed by atoms with van der Waals surface area (Å²) >= 11 is 3.55. The molecule has 5 heteroatoms. The zero-order chi connectivity index (χ0) is 15.4. The minimum Gasteiger partial charge on any atom is -0.487 e. The van der Waals surface area contributed by atoms with Crippen LogP contribution in [0.5, 0.6) is 5.75 Å². The Kier molecular flexibility index (Phi) is 5.42. The molecule has 0 aliphatic heterocycles. The van der Waals surface area contributed by atoms with Gasteiger partial charge in [-0.25, -0.2) is 0 Å². The number of aromatic nitrogens is 2. The van der Waals surface area contributed by atoms with E-state index >= 15 is 0 Å². The molecule has 1 unspecified atom stereocenters. The van der Waals surface area contributed by atoms with Gasteiger partial charge in [-0.3, -0.25) is 4.68 Å². The van der Waals surface area contributed by atoms with Crippen LogP contribution in [0.15, 0.2) is 28.7 Å². The minimum atomic E-state index is 0.242. The first-order valence-corrected chi connectivity index (χ1v) is 7.92. The molecule has 0 saturated carbocycles. The SMILES string of the molecule is Cc1nn(C)c(COc2ccc(CCC(C)N)cc2)c1Br. The fourth-order valence-electron chi connectivity index (χ4n) is 2.14. The van der Waals surface area contributed by atoms with Gasteiger partial charge in [-0.1, -0.05) is 12.1 Å². The van der Waals surface area contributed by atoms with Crippen LogP contribution >= 0.6 is 15.9 Å². The maximum atomic E-state index is 5.83. The number of aryl methyl sites for hydroxylation is 3. The van der Waals surface area contributed by atoms with Crippen molar-refractivity contribution in [2.75, 3.05) is 0 Å². The van der Waals surface area contributed by atoms with Crippen molar-refractivity contribution >= 4 is 15.9 Å². The standard InChI is InChI=1S/C16H22BrN3O/c1-11(18)4-5-13-6-8-14(9-7-13)21-10-15-16(17)12(2)19-20(15)3/h6-9,11H,4-5,10,18H2,1-3H3. The topological polar surface area (TPSA) is 53.1 Å². The molecule has 0 radical (unpaired) electrons. The number of nitrogens with two attached hydrogens (primary N) is 1. The summed E-state index contributed by atoms with van der Waals surface area (Å²) in [5, 5.41) is 4.36. The van der Waals surface area contributed by atoms with Crippen molar-refractivity contribution in [1.82, 2.24) is 9.78 Å². The van der Waals surface area contributed by atoms with Gasteiger partial charge in [-0.15, -0.1) is 0 Å². The highest BCUT2D eigenvalue weighted by Gasteiger charge is 2.11. The second-order valence-electron chi connectivity index (χ2n) is 5.42. The van der Waals surface area contributed by atoms with Gasteiger partial charge in [-0.05, 0) is 60.3 Å². The van der Waals surface area contributed by atoms with E-state index in [9.17, 15) is 0 Å². The maximum absolute atomic E-state index is 5.83. The largest absolute Gasteiger partial charge is 0.487 e. The molecule has 0 bridgehead atoms. The predicted octanol–water partition coefficient (Wildman–Crippen LogP) is 3.35. The van der Waals surface area contributed by atoms with E-state index in [2.05, 4.69) is 33.2 Å². The lowest BCUT2D eigenvalue weighted by atomic mass is 10.1. The fourth-order valence-corrected chi connectivity index (χ4v) is 2.59. The summed E-state index contributed by atoms with van der Waals surface area (Å²) in [5.74, 6) is 0.866. The van der Waals surface area contributed by atoms with Crippen LogP contribution in [0.25, 0.3) is 0 Å². The Balaban J connectivity index is 1.94. The molecule has 0 aliphatic rings. The van der Waals surface area contributed by atoms with Crippen molar-refractivity contribution in [3.05, 3.63) is 45.7 Å². The van der Waals surface area contributed by atoms with Crippen LogP contribution < -0.4 is 10.5 Å². The molecule has 1 aromatic carbocycles. The van der Waals surface area contributed by atoms with Gasteiger partial charge in [0.2, 0.25) is 0 Å². The number of halogens is 1. The molecule has 2 aromatic rings. The van der Waals surface area contributed by atoms with E-state index in [1.165, 1.54) is 5.56 Å². The summed E-state index contributed by atoms with van der Waals surface area (Å²) in [4.78, 5) is 0. The average Bonchev–Trinajstić information content (AvgIpc) is 2.69. The van der Waals surface area contributed by atoms with Crippen LogP contribution in [0.2, 0.25) is 0 Å². The van der Waals surface area contributed by atoms with E-state index in [1.54, 1.807) is 0 Å². The smallest absolute Gasteiger partial charge is 0.131 e. The molecular weight excluding hydrogens is 330 g/mol. The van der Waals surface area contributed by atoms with Crippen molar-refractivity contribution in [2.45, 2.75) is 39.3 Å². The van der Waals surface area contributed by atoms with Crippen molar-refractivity contribution in [3.63, 3.8) is 0 Å². The van der Waals surface area contributed by atoms with Crippen LogP contribution in [0.1, 0.15) is 30.3 Å². The van der Waals surface area contributed by atoms with E-state index in [0.29, 0.717) is 6.61 Å². The summed E-state index contributed by atoms with van der Waals surface area (Å²) in [5.41, 5.74) is 9.07. The minimum absolute atomic E-state index is 0.242. The highest BCUT2D eigenvalue weighted by molar-refractivity contribution is 9.10. The highest BCUT2D eigenvalue weighted by Crippen LogP contribution is 2.22. The third kappa shape index (κ3) is 4.32. The van der Waals surface area contributed by atoms with Gasteiger partial charge in [0.15, 0.2) is 0 Å². The van der Waals surface area contributed by atoms with Crippen LogP contribution in [0, 0.1) is 6.92 Å². The molecule has 21 heavy (non-hydrogen) atoms. The summed E-state index contributed by atoms with van der Waals surface area (Å²) in [6.07, 6.45) is 2.01. The second-order valence-corrected chi connectivity index (χ2v) is 6.21. The number of hydrogen-bond donors (Lipinski definition) is 1. The van der Waals surface area contributed by atoms with E-state index in [1.807, 2.05) is 37.7 Å². The van der Waals surface area contributed by atoms with Gasteiger partial charge < -0.3 is 10.5 Å². The van der Waals surface area contributed by atoms with Crippen molar-refractivity contribution < 1.29 is 4.74 Å². The van der Waals surface area contributed by atoms with Gasteiger partial charge in [0.05, 0.1) is 15.9 Å². The average molecular weight is 352 g/mol. The zero-order valence-corrected chi connectivity index (χ0v) is 14.4. The highest BCUT2D eigenvalue weighted by atomic mass is 79.9. The molecule has 114 valence electrons. The molecule has 1 aromatic heterocycles. The van der Waals surface area contributed by atoms with Gasteiger partial charge >= 0.3 is 0 Å². The number of ether oxygens (including phenoxy) is 1. The Morgan fingerprint density at radius 2 is 2.00 bits per heavy atom. The van der Waals surface area contributed by atoms with E-state index in [-0.39, 0.29) is 6.04 Å². The Bertz CT molecular complexity index is 590. The van der Waals surface area contributed by atoms with Gasteiger partial charge in [0.25, 0.3) is 0 Å². The van der Waals surface area contributed by atoms with Crippen molar-refractivity contribution in [3.8, 4) is 5.75 Å². The summed E-state index contributed by atoms with van der Waals surface area (Å²) in [7, 11) is 1.92. The number of hydrogen-bond acceptors (Lipinski definition) is 3. The zero-order valence-electron chi connectivity index (χ0n) is 12.8. The quantitative estimate of drug-likeness (QED) is 0.868. The summed E-state index contributed by atoms with van der Waals surface area (Å²) in [6.45, 7) is 4.50. The van der Waals surface area contributed by atoms with Crippen molar-refractivity contribution in [2.24, 2.45) is 12.8 Å². The number of nitrogens with zero attached hydrogens (tertiary/aromatic N) is 2. The van der Waals surface area contributed by atoms with E-state index < -0.39 is 0 Å². The van der Waals surface area contributed by atoms with Crippen molar-refractivity contribution in [1.29, 1.82) is 0 Å². The predicted molar refractivity (Wildman–Crippen MR) is 88.4 cm³/mol. The number of rotatable bonds is 6. The van der Waals surface area contributed by atoms with E-state index in [4.69, 9.17) is 10.5 Å². The van der Waals surface area contributed by atoms with Crippen LogP contribution in [0.4, 0.5) is 0 Å². The maximum Gasteiger partial charge on any atom is 0.131 e. The molecule has 4 nitrogen and oxygen atoms in total. The fraction of sp³-hybridized carbons (Fsp3) is 0.438. The van der Waals surface area contributed by atoms with Crippen LogP contribution in [-0.2, 0) is 20.1 Å². The molecular formula is C16H22BrN3O. The second kappa shape index (κ2) is 7.09. The Labute approximate surface area is 134 Å². The van der Waals surface area contributed by atoms with Gasteiger partial charge in [0.1, 0.15) is 12.4 Å². The molecule has 2 rings (SSSR count). The first kappa shape index (κ1) is 16.0. The number of benzene rings is 1. The van der Waals surface area contributed by atoms with Gasteiger partial charge in [0, 0.05) is 13.1 Å². The first-order valence-electron chi connectivity index (χ1n) is 7.12. The summed E-state index contributed by atoms with van der Waals surface area (Å²) < 4.78 is 8.69. The Hall–Kier alpha value is -1.33. The Morgan fingerprint density at radius 3 is 2.52 bits per heavy atom. The van der Waals surface area contributed by atoms with Crippen LogP contribution in [0.3, 0.4) is 0 Å². The monoisotopic (exact) mass is 351 g/mol. The molecule has 0 spiro atoms. The molecule has 2 N–H and O–H groups in total. The Morgan fingerprint density at radius 1 is 1.33 bits per heavy atom. The molecule has 0 amide bonds. The van der Waals surface area contributed by atoms with Gasteiger partial charge in [-0.2, -0.15) is 5.10 Å². The van der Waals surface area contributed by atoms with E-state index in [0.717, 1.165) is 34.5 Å². The molecule has 0 aliphatic carbocycles. The van der Waals surface area contributed by atoms with Crippen LogP contribution in [-0.4, -0.2) is 15.8 Å². The lowest BCUT2D eigenvalue weighted by molar-refractivity contribution is 0.294. The normalized spacial score (nSPS) is 12.4. The molecule has 1 atom stereocenters. The lowest BCUT2D eigenvalue weighted by Crippen LogP contribution is -2.15. The lowest BCUT2D eigenvalue weighted by Gasteiger charge is -2.09. The molecule has 0 saturated heterocycles.